The summed E-state index contributed by atoms with van der Waals surface area (Å²) in [6.45, 7) is 4.54. The third-order valence-electron chi connectivity index (χ3n) is 3.71. The molecule has 1 fully saturated rings. The van der Waals surface area contributed by atoms with Gasteiger partial charge in [-0.2, -0.15) is 0 Å². The van der Waals surface area contributed by atoms with Gasteiger partial charge in [-0.3, -0.25) is 9.59 Å². The van der Waals surface area contributed by atoms with E-state index >= 15 is 0 Å². The van der Waals surface area contributed by atoms with Gasteiger partial charge in [-0.25, -0.2) is 4.98 Å². The van der Waals surface area contributed by atoms with E-state index in [2.05, 4.69) is 4.98 Å². The lowest BCUT2D eigenvalue weighted by Crippen LogP contribution is -2.29. The maximum atomic E-state index is 12.4. The van der Waals surface area contributed by atoms with E-state index in [1.165, 1.54) is 0 Å². The van der Waals surface area contributed by atoms with Crippen LogP contribution in [0.15, 0.2) is 0 Å². The molecule has 110 valence electrons. The molecule has 0 saturated carbocycles. The molecular formula is C13H19N3O3S. The molecule has 1 aliphatic heterocycles. The topological polar surface area (TPSA) is 96.5 Å². The number of carbonyl (C=O) groups excluding carboxylic acids is 1. The highest BCUT2D eigenvalue weighted by Crippen LogP contribution is 2.30. The van der Waals surface area contributed by atoms with Gasteiger partial charge in [0.25, 0.3) is 5.91 Å². The molecule has 0 spiro atoms. The third kappa shape index (κ3) is 2.77. The highest BCUT2D eigenvalue weighted by molar-refractivity contribution is 7.17. The molecule has 1 aromatic heterocycles. The monoisotopic (exact) mass is 297 g/mol. The summed E-state index contributed by atoms with van der Waals surface area (Å²) in [6, 6.07) is 0. The minimum atomic E-state index is -0.820. The Morgan fingerprint density at radius 1 is 1.50 bits per heavy atom. The van der Waals surface area contributed by atoms with Crippen LogP contribution in [0, 0.1) is 18.8 Å². The Morgan fingerprint density at radius 3 is 2.70 bits per heavy atom. The van der Waals surface area contributed by atoms with E-state index < -0.39 is 11.9 Å². The van der Waals surface area contributed by atoms with Gasteiger partial charge in [-0.1, -0.05) is 24.7 Å². The number of carbonyl (C=O) groups is 2. The number of likely N-dealkylation sites (tertiary alicyclic amines) is 1. The number of hydrogen-bond acceptors (Lipinski definition) is 5. The molecule has 2 atom stereocenters. The third-order valence-corrected chi connectivity index (χ3v) is 4.69. The molecule has 0 bridgehead atoms. The number of carboxylic acids is 1. The summed E-state index contributed by atoms with van der Waals surface area (Å²) in [7, 11) is 0. The minimum absolute atomic E-state index is 0.0343. The fourth-order valence-corrected chi connectivity index (χ4v) is 3.54. The van der Waals surface area contributed by atoms with Gasteiger partial charge in [-0.15, -0.1) is 0 Å². The van der Waals surface area contributed by atoms with Crippen molar-refractivity contribution in [3.63, 3.8) is 0 Å². The van der Waals surface area contributed by atoms with Gasteiger partial charge in [-0.05, 0) is 19.3 Å². The van der Waals surface area contributed by atoms with Gasteiger partial charge in [0.2, 0.25) is 0 Å². The van der Waals surface area contributed by atoms with E-state index in [1.54, 1.807) is 11.8 Å². The zero-order chi connectivity index (χ0) is 14.9. The first-order chi connectivity index (χ1) is 9.43. The fraction of sp³-hybridized carbons (Fsp3) is 0.615. The summed E-state index contributed by atoms with van der Waals surface area (Å²) < 4.78 is 0. The second kappa shape index (κ2) is 5.78. The van der Waals surface area contributed by atoms with Gasteiger partial charge in [0.05, 0.1) is 11.6 Å². The van der Waals surface area contributed by atoms with E-state index in [9.17, 15) is 14.7 Å². The SMILES string of the molecule is CCC[C@@H]1CN(C(=O)c2sc(N)nc2C)C[C@H]1C(=O)O. The van der Waals surface area contributed by atoms with E-state index in [4.69, 9.17) is 5.73 Å². The predicted molar refractivity (Wildman–Crippen MR) is 76.7 cm³/mol. The van der Waals surface area contributed by atoms with Crippen molar-refractivity contribution in [3.8, 4) is 0 Å². The number of aryl methyl sites for hydroxylation is 1. The number of aromatic nitrogens is 1. The molecular weight excluding hydrogens is 278 g/mol. The highest BCUT2D eigenvalue weighted by Gasteiger charge is 2.39. The van der Waals surface area contributed by atoms with Gasteiger partial charge < -0.3 is 15.7 Å². The zero-order valence-electron chi connectivity index (χ0n) is 11.6. The van der Waals surface area contributed by atoms with Crippen LogP contribution in [0.4, 0.5) is 5.13 Å². The Kier molecular flexibility index (Phi) is 4.27. The van der Waals surface area contributed by atoms with Crippen molar-refractivity contribution in [2.75, 3.05) is 18.8 Å². The van der Waals surface area contributed by atoms with Crippen molar-refractivity contribution in [2.24, 2.45) is 11.8 Å². The second-order valence-corrected chi connectivity index (χ2v) is 6.20. The molecule has 1 saturated heterocycles. The van der Waals surface area contributed by atoms with Crippen LogP contribution >= 0.6 is 11.3 Å². The zero-order valence-corrected chi connectivity index (χ0v) is 12.4. The minimum Gasteiger partial charge on any atom is -0.481 e. The highest BCUT2D eigenvalue weighted by atomic mass is 32.1. The Labute approximate surface area is 121 Å². The van der Waals surface area contributed by atoms with Crippen LogP contribution < -0.4 is 5.73 Å². The average Bonchev–Trinajstić information content (AvgIpc) is 2.93. The van der Waals surface area contributed by atoms with Gasteiger partial charge in [0.1, 0.15) is 4.88 Å². The van der Waals surface area contributed by atoms with Crippen LogP contribution in [-0.4, -0.2) is 40.0 Å². The Balaban J connectivity index is 2.16. The van der Waals surface area contributed by atoms with E-state index in [-0.39, 0.29) is 18.4 Å². The lowest BCUT2D eigenvalue weighted by Gasteiger charge is -2.15. The van der Waals surface area contributed by atoms with Crippen molar-refractivity contribution in [2.45, 2.75) is 26.7 Å². The molecule has 20 heavy (non-hydrogen) atoms. The Bertz CT molecular complexity index is 529. The summed E-state index contributed by atoms with van der Waals surface area (Å²) in [5.41, 5.74) is 6.22. The van der Waals surface area contributed by atoms with E-state index in [0.717, 1.165) is 24.2 Å². The maximum absolute atomic E-state index is 12.4. The van der Waals surface area contributed by atoms with Crippen molar-refractivity contribution in [3.05, 3.63) is 10.6 Å². The number of nitrogens with zero attached hydrogens (tertiary/aromatic N) is 2. The average molecular weight is 297 g/mol. The van der Waals surface area contributed by atoms with Crippen LogP contribution in [0.1, 0.15) is 35.1 Å². The van der Waals surface area contributed by atoms with Crippen molar-refractivity contribution in [1.29, 1.82) is 0 Å². The number of amides is 1. The molecule has 2 heterocycles. The van der Waals surface area contributed by atoms with Crippen LogP contribution in [-0.2, 0) is 4.79 Å². The first-order valence-corrected chi connectivity index (χ1v) is 7.50. The smallest absolute Gasteiger partial charge is 0.308 e. The van der Waals surface area contributed by atoms with Crippen LogP contribution in [0.2, 0.25) is 0 Å². The van der Waals surface area contributed by atoms with Crippen LogP contribution in [0.25, 0.3) is 0 Å². The number of anilines is 1. The van der Waals surface area contributed by atoms with E-state index in [0.29, 0.717) is 22.2 Å². The molecule has 1 aliphatic rings. The number of nitrogen functional groups attached to an aromatic ring is 1. The lowest BCUT2D eigenvalue weighted by molar-refractivity contribution is -0.142. The first-order valence-electron chi connectivity index (χ1n) is 6.69. The number of carboxylic acid groups (broad SMARTS) is 1. The number of thiazole rings is 1. The Morgan fingerprint density at radius 2 is 2.20 bits per heavy atom. The molecule has 0 aromatic carbocycles. The molecule has 1 amide bonds. The van der Waals surface area contributed by atoms with Crippen molar-refractivity contribution >= 4 is 28.3 Å². The van der Waals surface area contributed by atoms with Gasteiger partial charge in [0, 0.05) is 13.1 Å². The quantitative estimate of drug-likeness (QED) is 0.880. The molecule has 0 unspecified atom stereocenters. The van der Waals surface area contributed by atoms with Crippen LogP contribution in [0.3, 0.4) is 0 Å². The Hall–Kier alpha value is -1.63. The summed E-state index contributed by atoms with van der Waals surface area (Å²) in [6.07, 6.45) is 1.74. The number of rotatable bonds is 4. The fourth-order valence-electron chi connectivity index (χ4n) is 2.74. The molecule has 0 radical (unpaired) electrons. The number of aliphatic carboxylic acids is 1. The van der Waals surface area contributed by atoms with Gasteiger partial charge >= 0.3 is 5.97 Å². The van der Waals surface area contributed by atoms with Crippen molar-refractivity contribution < 1.29 is 14.7 Å². The molecule has 7 heteroatoms. The molecule has 0 aliphatic carbocycles. The van der Waals surface area contributed by atoms with E-state index in [1.807, 2.05) is 6.92 Å². The summed E-state index contributed by atoms with van der Waals surface area (Å²) in [5.74, 6) is -1.41. The largest absolute Gasteiger partial charge is 0.481 e. The first kappa shape index (κ1) is 14.8. The van der Waals surface area contributed by atoms with Gasteiger partial charge in [0.15, 0.2) is 5.13 Å². The lowest BCUT2D eigenvalue weighted by atomic mass is 9.92. The molecule has 6 nitrogen and oxygen atoms in total. The number of hydrogen-bond donors (Lipinski definition) is 2. The summed E-state index contributed by atoms with van der Waals surface area (Å²) in [4.78, 5) is 29.9. The normalized spacial score (nSPS) is 22.2. The van der Waals surface area contributed by atoms with Crippen LogP contribution in [0.5, 0.6) is 0 Å². The summed E-state index contributed by atoms with van der Waals surface area (Å²) in [5, 5.41) is 9.64. The maximum Gasteiger partial charge on any atom is 0.308 e. The standard InChI is InChI=1S/C13H19N3O3S/c1-3-4-8-5-16(6-9(8)12(18)19)11(17)10-7(2)15-13(14)20-10/h8-9H,3-6H2,1-2H3,(H2,14,15)(H,18,19)/t8-,9-/m1/s1. The second-order valence-electron chi connectivity index (χ2n) is 5.17. The molecule has 2 rings (SSSR count). The number of nitrogens with two attached hydrogens (primary N) is 1. The summed E-state index contributed by atoms with van der Waals surface area (Å²) >= 11 is 1.16. The molecule has 1 aromatic rings. The predicted octanol–water partition coefficient (Wildman–Crippen LogP) is 1.61. The van der Waals surface area contributed by atoms with Crippen molar-refractivity contribution in [1.82, 2.24) is 9.88 Å². The molecule has 3 N–H and O–H groups in total.